The molecular weight excluding hydrogens is 556 g/mol. The monoisotopic (exact) mass is 588 g/mol. The summed E-state index contributed by atoms with van der Waals surface area (Å²) < 4.78 is 24.9. The molecule has 1 fully saturated rings. The highest BCUT2D eigenvalue weighted by Crippen LogP contribution is 2.46. The van der Waals surface area contributed by atoms with Gasteiger partial charge in [-0.05, 0) is 65.9 Å². The van der Waals surface area contributed by atoms with Crippen LogP contribution in [-0.4, -0.2) is 41.3 Å². The van der Waals surface area contributed by atoms with Crippen LogP contribution in [0.25, 0.3) is 22.2 Å². The lowest BCUT2D eigenvalue weighted by Crippen LogP contribution is -2.30. The largest absolute Gasteiger partial charge is 0.489 e. The van der Waals surface area contributed by atoms with Gasteiger partial charge in [-0.1, -0.05) is 60.7 Å². The third kappa shape index (κ3) is 5.45. The minimum atomic E-state index is -1.05. The molecule has 1 aromatic heterocycles. The Balaban J connectivity index is 1.23. The summed E-state index contributed by atoms with van der Waals surface area (Å²) in [5.41, 5.74) is 5.66. The molecule has 0 bridgehead atoms. The first-order valence-corrected chi connectivity index (χ1v) is 14.8. The van der Waals surface area contributed by atoms with Crippen LogP contribution >= 0.6 is 0 Å². The molecule has 1 saturated heterocycles. The molecule has 0 N–H and O–H groups in total. The molecule has 0 saturated carbocycles. The van der Waals surface area contributed by atoms with Gasteiger partial charge >= 0.3 is 11.9 Å². The fraction of sp³-hybridized carbons (Fsp3) is 0.222. The number of carbonyl (C=O) groups excluding carboxylic acids is 2. The van der Waals surface area contributed by atoms with Crippen LogP contribution in [0.2, 0.25) is 0 Å². The van der Waals surface area contributed by atoms with E-state index in [0.29, 0.717) is 41.5 Å². The van der Waals surface area contributed by atoms with Gasteiger partial charge in [0.15, 0.2) is 5.75 Å². The Morgan fingerprint density at radius 1 is 0.773 bits per heavy atom. The second-order valence-corrected chi connectivity index (χ2v) is 11.1. The summed E-state index contributed by atoms with van der Waals surface area (Å²) in [4.78, 5) is 27.3. The highest BCUT2D eigenvalue weighted by Gasteiger charge is 2.32. The first-order chi connectivity index (χ1) is 21.6. The Labute approximate surface area is 255 Å². The summed E-state index contributed by atoms with van der Waals surface area (Å²) in [7, 11) is 1.77. The van der Waals surface area contributed by atoms with Gasteiger partial charge in [0, 0.05) is 32.3 Å². The standard InChI is InChI=1S/C36H32N2O6/c1-41-31-11-6-20-37(31)21-24-12-14-25(15-13-24)22-38-29-9-5-10-30-32(29)34(44-36(40)35(39)43-30)33(38)27-16-18-28(19-17-27)42-23-26-7-3-2-4-8-26/h2-5,7-10,12-19,31H,6,11,20-23H2,1H3. The molecular formula is C36H32N2O6. The number of rotatable bonds is 9. The molecule has 44 heavy (non-hydrogen) atoms. The predicted octanol–water partition coefficient (Wildman–Crippen LogP) is 6.33. The van der Waals surface area contributed by atoms with E-state index in [9.17, 15) is 9.59 Å². The van der Waals surface area contributed by atoms with Crippen molar-refractivity contribution in [2.75, 3.05) is 13.7 Å². The number of hydrogen-bond donors (Lipinski definition) is 0. The molecule has 1 unspecified atom stereocenters. The van der Waals surface area contributed by atoms with Gasteiger partial charge in [-0.2, -0.15) is 0 Å². The van der Waals surface area contributed by atoms with Crippen molar-refractivity contribution in [1.29, 1.82) is 0 Å². The van der Waals surface area contributed by atoms with Crippen molar-refractivity contribution < 1.29 is 28.5 Å². The van der Waals surface area contributed by atoms with Gasteiger partial charge < -0.3 is 23.5 Å². The Bertz CT molecular complexity index is 1810. The lowest BCUT2D eigenvalue weighted by Gasteiger charge is -2.23. The van der Waals surface area contributed by atoms with E-state index in [2.05, 4.69) is 33.7 Å². The van der Waals surface area contributed by atoms with E-state index in [4.69, 9.17) is 18.9 Å². The van der Waals surface area contributed by atoms with Crippen LogP contribution < -0.4 is 14.2 Å². The van der Waals surface area contributed by atoms with Gasteiger partial charge in [0.1, 0.15) is 24.3 Å². The number of nitrogens with zero attached hydrogens (tertiary/aromatic N) is 2. The molecule has 2 aliphatic rings. The van der Waals surface area contributed by atoms with E-state index in [1.165, 1.54) is 5.56 Å². The lowest BCUT2D eigenvalue weighted by atomic mass is 10.1. The van der Waals surface area contributed by atoms with E-state index in [0.717, 1.165) is 48.1 Å². The Morgan fingerprint density at radius 3 is 2.25 bits per heavy atom. The van der Waals surface area contributed by atoms with E-state index in [-0.39, 0.29) is 6.23 Å². The van der Waals surface area contributed by atoms with E-state index in [1.54, 1.807) is 13.2 Å². The summed E-state index contributed by atoms with van der Waals surface area (Å²) in [6.07, 6.45) is 2.37. The lowest BCUT2D eigenvalue weighted by molar-refractivity contribution is -0.155. The molecule has 0 aliphatic carbocycles. The van der Waals surface area contributed by atoms with Crippen molar-refractivity contribution in [3.8, 4) is 28.5 Å². The van der Waals surface area contributed by atoms with Crippen LogP contribution in [-0.2, 0) is 34.0 Å². The van der Waals surface area contributed by atoms with Crippen LogP contribution in [0.4, 0.5) is 0 Å². The second-order valence-electron chi connectivity index (χ2n) is 11.1. The normalized spacial score (nSPS) is 16.5. The third-order valence-corrected chi connectivity index (χ3v) is 8.27. The summed E-state index contributed by atoms with van der Waals surface area (Å²) >= 11 is 0. The maximum Gasteiger partial charge on any atom is 0.423 e. The highest BCUT2D eigenvalue weighted by molar-refractivity contribution is 6.32. The first kappa shape index (κ1) is 27.9. The van der Waals surface area contributed by atoms with Crippen molar-refractivity contribution >= 4 is 22.8 Å². The molecule has 0 radical (unpaired) electrons. The molecule has 1 atom stereocenters. The van der Waals surface area contributed by atoms with Crippen LogP contribution in [0, 0.1) is 0 Å². The number of carbonyl (C=O) groups is 2. The predicted molar refractivity (Wildman–Crippen MR) is 165 cm³/mol. The third-order valence-electron chi connectivity index (χ3n) is 8.27. The van der Waals surface area contributed by atoms with Crippen LogP contribution in [0.15, 0.2) is 97.1 Å². The van der Waals surface area contributed by atoms with Crippen LogP contribution in [0.3, 0.4) is 0 Å². The van der Waals surface area contributed by atoms with Crippen molar-refractivity contribution in [1.82, 2.24) is 9.47 Å². The Hall–Kier alpha value is -4.92. The maximum atomic E-state index is 12.6. The number of ether oxygens (including phenoxy) is 4. The van der Waals surface area contributed by atoms with E-state index >= 15 is 0 Å². The number of methoxy groups -OCH3 is 1. The minimum Gasteiger partial charge on any atom is -0.489 e. The number of likely N-dealkylation sites (tertiary alicyclic amines) is 1. The smallest absolute Gasteiger partial charge is 0.423 e. The highest BCUT2D eigenvalue weighted by atomic mass is 16.6. The van der Waals surface area contributed by atoms with Crippen molar-refractivity contribution in [3.63, 3.8) is 0 Å². The average Bonchev–Trinajstić information content (AvgIpc) is 3.60. The SMILES string of the molecule is COC1CCCN1Cc1ccc(Cn2c(-c3ccc(OCc4ccccc4)cc3)c3c4c(cccc42)OC(=O)C(=O)O3)cc1. The van der Waals surface area contributed by atoms with Gasteiger partial charge in [-0.15, -0.1) is 0 Å². The fourth-order valence-electron chi connectivity index (χ4n) is 6.11. The first-order valence-electron chi connectivity index (χ1n) is 14.8. The van der Waals surface area contributed by atoms with Crippen LogP contribution in [0.1, 0.15) is 29.5 Å². The molecule has 3 heterocycles. The van der Waals surface area contributed by atoms with Gasteiger partial charge in [0.25, 0.3) is 0 Å². The maximum absolute atomic E-state index is 12.6. The van der Waals surface area contributed by atoms with Crippen molar-refractivity contribution in [2.45, 2.75) is 38.8 Å². The molecule has 8 nitrogen and oxygen atoms in total. The Kier molecular flexibility index (Phi) is 7.60. The number of benzene rings is 4. The average molecular weight is 589 g/mol. The molecule has 2 aliphatic heterocycles. The summed E-state index contributed by atoms with van der Waals surface area (Å²) in [5, 5.41) is 0.586. The quantitative estimate of drug-likeness (QED) is 0.113. The van der Waals surface area contributed by atoms with Gasteiger partial charge in [0.05, 0.1) is 16.6 Å². The second kappa shape index (κ2) is 12.0. The number of aromatic nitrogens is 1. The molecule has 0 spiro atoms. The summed E-state index contributed by atoms with van der Waals surface area (Å²) in [6.45, 7) is 2.83. The van der Waals surface area contributed by atoms with Crippen LogP contribution in [0.5, 0.6) is 17.2 Å². The van der Waals surface area contributed by atoms with E-state index < -0.39 is 11.9 Å². The summed E-state index contributed by atoms with van der Waals surface area (Å²) in [5.74, 6) is -0.776. The van der Waals surface area contributed by atoms with Gasteiger partial charge in [0.2, 0.25) is 0 Å². The van der Waals surface area contributed by atoms with Crippen molar-refractivity contribution in [2.24, 2.45) is 0 Å². The van der Waals surface area contributed by atoms with E-state index in [1.807, 2.05) is 66.7 Å². The molecule has 222 valence electrons. The number of hydrogen-bond acceptors (Lipinski definition) is 7. The minimum absolute atomic E-state index is 0.168. The molecule has 7 rings (SSSR count). The summed E-state index contributed by atoms with van der Waals surface area (Å²) in [6, 6.07) is 31.7. The zero-order valence-electron chi connectivity index (χ0n) is 24.4. The Morgan fingerprint density at radius 2 is 1.50 bits per heavy atom. The fourth-order valence-corrected chi connectivity index (χ4v) is 6.11. The topological polar surface area (TPSA) is 79.2 Å². The molecule has 8 heteroatoms. The van der Waals surface area contributed by atoms with Crippen molar-refractivity contribution in [3.05, 3.63) is 114 Å². The number of esters is 2. The van der Waals surface area contributed by atoms with Gasteiger partial charge in [-0.25, -0.2) is 9.59 Å². The molecule has 5 aromatic rings. The molecule has 0 amide bonds. The zero-order chi connectivity index (χ0) is 30.0. The van der Waals surface area contributed by atoms with Gasteiger partial charge in [-0.3, -0.25) is 4.90 Å². The molecule has 4 aromatic carbocycles. The zero-order valence-corrected chi connectivity index (χ0v) is 24.4.